The molecule has 0 N–H and O–H groups in total. The highest BCUT2D eigenvalue weighted by atomic mass is 19.1. The number of nitriles is 1. The van der Waals surface area contributed by atoms with Crippen LogP contribution in [0.4, 0.5) is 4.39 Å². The number of ether oxygens (including phenoxy) is 1. The number of halogens is 1. The smallest absolute Gasteiger partial charge is 0.314 e. The molecule has 1 aliphatic rings. The van der Waals surface area contributed by atoms with Gasteiger partial charge in [0.05, 0.1) is 17.6 Å². The van der Waals surface area contributed by atoms with Gasteiger partial charge in [-0.3, -0.25) is 4.79 Å². The summed E-state index contributed by atoms with van der Waals surface area (Å²) in [5.41, 5.74) is 1.38. The third-order valence-corrected chi connectivity index (χ3v) is 6.24. The van der Waals surface area contributed by atoms with Crippen molar-refractivity contribution in [2.45, 2.75) is 83.5 Å². The van der Waals surface area contributed by atoms with Gasteiger partial charge in [-0.15, -0.1) is 0 Å². The minimum Gasteiger partial charge on any atom is -0.423 e. The Bertz CT molecular complexity index is 916. The van der Waals surface area contributed by atoms with Gasteiger partial charge in [-0.05, 0) is 62.3 Å². The molecule has 0 saturated heterocycles. The molecule has 1 aliphatic carbocycles. The van der Waals surface area contributed by atoms with Crippen molar-refractivity contribution in [1.82, 2.24) is 9.97 Å². The van der Waals surface area contributed by atoms with Gasteiger partial charge in [-0.25, -0.2) is 14.4 Å². The molecule has 0 amide bonds. The van der Waals surface area contributed by atoms with Crippen LogP contribution >= 0.6 is 0 Å². The summed E-state index contributed by atoms with van der Waals surface area (Å²) in [7, 11) is 0. The minimum atomic E-state index is -0.694. The van der Waals surface area contributed by atoms with Crippen LogP contribution in [0, 0.1) is 23.1 Å². The van der Waals surface area contributed by atoms with Gasteiger partial charge in [0.25, 0.3) is 0 Å². The summed E-state index contributed by atoms with van der Waals surface area (Å²) in [4.78, 5) is 21.6. The summed E-state index contributed by atoms with van der Waals surface area (Å²) in [6.45, 7) is 2.23. The Labute approximate surface area is 190 Å². The van der Waals surface area contributed by atoms with E-state index in [1.807, 2.05) is 18.5 Å². The highest BCUT2D eigenvalue weighted by Gasteiger charge is 2.30. The Morgan fingerprint density at radius 3 is 2.44 bits per heavy atom. The normalized spacial score (nSPS) is 18.2. The number of carbonyl (C=O) groups is 1. The van der Waals surface area contributed by atoms with Crippen LogP contribution in [0.15, 0.2) is 30.6 Å². The second kappa shape index (κ2) is 12.3. The highest BCUT2D eigenvalue weighted by molar-refractivity contribution is 5.75. The van der Waals surface area contributed by atoms with E-state index in [9.17, 15) is 9.18 Å². The maximum atomic E-state index is 14.0. The lowest BCUT2D eigenvalue weighted by atomic mass is 9.81. The SMILES string of the molecule is CCCCCCCCc1cnc(C2CCC(C(=O)Oc3ccc(C#N)cc3F)CC2)nc1. The van der Waals surface area contributed by atoms with Gasteiger partial charge in [-0.2, -0.15) is 5.26 Å². The maximum Gasteiger partial charge on any atom is 0.314 e. The van der Waals surface area contributed by atoms with Crippen molar-refractivity contribution in [2.24, 2.45) is 5.92 Å². The van der Waals surface area contributed by atoms with Crippen molar-refractivity contribution in [1.29, 1.82) is 5.26 Å². The second-order valence-corrected chi connectivity index (χ2v) is 8.69. The van der Waals surface area contributed by atoms with Gasteiger partial charge < -0.3 is 4.74 Å². The average molecular weight is 438 g/mol. The number of hydrogen-bond donors (Lipinski definition) is 0. The zero-order valence-corrected chi connectivity index (χ0v) is 18.9. The Hall–Kier alpha value is -2.81. The van der Waals surface area contributed by atoms with Crippen LogP contribution in [0.1, 0.15) is 94.0 Å². The summed E-state index contributed by atoms with van der Waals surface area (Å²) >= 11 is 0. The van der Waals surface area contributed by atoms with E-state index >= 15 is 0 Å². The lowest BCUT2D eigenvalue weighted by Gasteiger charge is -2.26. The van der Waals surface area contributed by atoms with E-state index < -0.39 is 11.8 Å². The van der Waals surface area contributed by atoms with Crippen LogP contribution < -0.4 is 4.74 Å². The quantitative estimate of drug-likeness (QED) is 0.249. The lowest BCUT2D eigenvalue weighted by molar-refractivity contribution is -0.140. The van der Waals surface area contributed by atoms with E-state index in [4.69, 9.17) is 10.00 Å². The number of benzene rings is 1. The molecule has 0 bridgehead atoms. The number of esters is 1. The number of nitrogens with zero attached hydrogens (tertiary/aromatic N) is 3. The first-order valence-electron chi connectivity index (χ1n) is 11.8. The first kappa shape index (κ1) is 23.8. The maximum absolute atomic E-state index is 14.0. The third kappa shape index (κ3) is 6.85. The molecule has 2 aromatic rings. The monoisotopic (exact) mass is 437 g/mol. The summed E-state index contributed by atoms with van der Waals surface area (Å²) in [6, 6.07) is 5.71. The Morgan fingerprint density at radius 1 is 1.09 bits per heavy atom. The topological polar surface area (TPSA) is 75.9 Å². The van der Waals surface area contributed by atoms with Crippen LogP contribution in [0.5, 0.6) is 5.75 Å². The molecule has 1 heterocycles. The molecule has 32 heavy (non-hydrogen) atoms. The molecule has 1 aromatic heterocycles. The van der Waals surface area contributed by atoms with E-state index in [1.54, 1.807) is 0 Å². The van der Waals surface area contributed by atoms with E-state index in [-0.39, 0.29) is 23.1 Å². The van der Waals surface area contributed by atoms with E-state index in [0.29, 0.717) is 12.8 Å². The zero-order chi connectivity index (χ0) is 22.8. The fourth-order valence-corrected chi connectivity index (χ4v) is 4.25. The van der Waals surface area contributed by atoms with E-state index in [1.165, 1.54) is 56.2 Å². The Kier molecular flexibility index (Phi) is 9.15. The molecule has 0 spiro atoms. The first-order chi connectivity index (χ1) is 15.6. The molecule has 0 aliphatic heterocycles. The molecule has 0 unspecified atom stereocenters. The molecule has 1 fully saturated rings. The largest absolute Gasteiger partial charge is 0.423 e. The molecule has 1 saturated carbocycles. The Balaban J connectivity index is 1.43. The summed E-state index contributed by atoms with van der Waals surface area (Å²) in [5.74, 6) is -0.396. The number of hydrogen-bond acceptors (Lipinski definition) is 5. The fourth-order valence-electron chi connectivity index (χ4n) is 4.25. The van der Waals surface area contributed by atoms with Gasteiger partial charge >= 0.3 is 5.97 Å². The predicted molar refractivity (Wildman–Crippen MR) is 121 cm³/mol. The molecule has 5 nitrogen and oxygen atoms in total. The first-order valence-corrected chi connectivity index (χ1v) is 11.8. The molecule has 3 rings (SSSR count). The average Bonchev–Trinajstić information content (AvgIpc) is 2.83. The minimum absolute atomic E-state index is 0.125. The van der Waals surface area contributed by atoms with Crippen molar-refractivity contribution < 1.29 is 13.9 Å². The predicted octanol–water partition coefficient (Wildman–Crippen LogP) is 6.27. The number of aryl methyl sites for hydroxylation is 1. The van der Waals surface area contributed by atoms with Crippen molar-refractivity contribution in [3.05, 3.63) is 53.4 Å². The van der Waals surface area contributed by atoms with Gasteiger partial charge in [-0.1, -0.05) is 39.0 Å². The van der Waals surface area contributed by atoms with Crippen LogP contribution in [-0.4, -0.2) is 15.9 Å². The summed E-state index contributed by atoms with van der Waals surface area (Å²) < 4.78 is 19.2. The van der Waals surface area contributed by atoms with Crippen LogP contribution in [-0.2, 0) is 11.2 Å². The zero-order valence-electron chi connectivity index (χ0n) is 18.9. The number of carbonyl (C=O) groups excluding carboxylic acids is 1. The number of aromatic nitrogens is 2. The van der Waals surface area contributed by atoms with Crippen molar-refractivity contribution in [2.75, 3.05) is 0 Å². The highest BCUT2D eigenvalue weighted by Crippen LogP contribution is 2.35. The second-order valence-electron chi connectivity index (χ2n) is 8.69. The molecule has 6 heteroatoms. The van der Waals surface area contributed by atoms with Gasteiger partial charge in [0.1, 0.15) is 5.82 Å². The van der Waals surface area contributed by atoms with Crippen molar-refractivity contribution in [3.63, 3.8) is 0 Å². The standard InChI is InChI=1S/C26H32FN3O2/c1-2-3-4-5-6-7-8-20-17-29-25(30-18-20)21-10-12-22(13-11-21)26(31)32-24-14-9-19(16-28)15-23(24)27/h9,14-15,17-18,21-22H,2-8,10-13H2,1H3. The molecular formula is C26H32FN3O2. The number of rotatable bonds is 10. The fraction of sp³-hybridized carbons (Fsp3) is 0.538. The third-order valence-electron chi connectivity index (χ3n) is 6.24. The van der Waals surface area contributed by atoms with Crippen LogP contribution in [0.3, 0.4) is 0 Å². The summed E-state index contributed by atoms with van der Waals surface area (Å²) in [5, 5.41) is 8.81. The molecule has 0 radical (unpaired) electrons. The van der Waals surface area contributed by atoms with E-state index in [0.717, 1.165) is 31.2 Å². The molecular weight excluding hydrogens is 405 g/mol. The summed E-state index contributed by atoms with van der Waals surface area (Å²) in [6.07, 6.45) is 15.5. The van der Waals surface area contributed by atoms with Gasteiger partial charge in [0, 0.05) is 18.3 Å². The van der Waals surface area contributed by atoms with Crippen LogP contribution in [0.25, 0.3) is 0 Å². The molecule has 170 valence electrons. The Morgan fingerprint density at radius 2 is 1.78 bits per heavy atom. The van der Waals surface area contributed by atoms with Crippen molar-refractivity contribution >= 4 is 5.97 Å². The van der Waals surface area contributed by atoms with Gasteiger partial charge in [0.15, 0.2) is 11.6 Å². The van der Waals surface area contributed by atoms with Crippen LogP contribution in [0.2, 0.25) is 0 Å². The van der Waals surface area contributed by atoms with Crippen molar-refractivity contribution in [3.8, 4) is 11.8 Å². The number of unbranched alkanes of at least 4 members (excludes halogenated alkanes) is 5. The lowest BCUT2D eigenvalue weighted by Crippen LogP contribution is -2.26. The molecule has 0 atom stereocenters. The molecule has 1 aromatic carbocycles. The van der Waals surface area contributed by atoms with E-state index in [2.05, 4.69) is 16.9 Å². The van der Waals surface area contributed by atoms with Gasteiger partial charge in [0.2, 0.25) is 0 Å².